The Kier molecular flexibility index (Phi) is 10.3. The van der Waals surface area contributed by atoms with Crippen molar-refractivity contribution in [3.63, 3.8) is 0 Å². The number of rotatable bonds is 10. The molecule has 0 saturated carbocycles. The summed E-state index contributed by atoms with van der Waals surface area (Å²) in [4.78, 5) is 0. The van der Waals surface area contributed by atoms with E-state index in [1.165, 1.54) is 0 Å². The fourth-order valence-electron chi connectivity index (χ4n) is 7.86. The average molecular weight is 783 g/mol. The van der Waals surface area contributed by atoms with Gasteiger partial charge in [0, 0.05) is 22.3 Å². The van der Waals surface area contributed by atoms with Gasteiger partial charge in [-0.2, -0.15) is 20.4 Å². The quantitative estimate of drug-likeness (QED) is 0.138. The highest BCUT2D eigenvalue weighted by molar-refractivity contribution is 5.86. The molecule has 10 aromatic rings. The van der Waals surface area contributed by atoms with Crippen LogP contribution in [-0.4, -0.2) is 20.4 Å². The molecule has 0 saturated heterocycles. The predicted molar refractivity (Wildman–Crippen MR) is 248 cm³/mol. The van der Waals surface area contributed by atoms with Gasteiger partial charge in [0.05, 0.1) is 23.8 Å². The van der Waals surface area contributed by atoms with E-state index >= 15 is 0 Å². The SMILES string of the molecule is c1ccc(-c2cc(Oc3cc(-c4ccccc4)cc(-c4cc(-c5ccccc5-c5ccccc5)cnn4)c3)cc(-c3cc(-c4ccccc4-c4ccccc4)cnn3)c2)cc1. The molecule has 0 N–H and O–H groups in total. The molecule has 10 rings (SSSR count). The van der Waals surface area contributed by atoms with E-state index < -0.39 is 0 Å². The average Bonchev–Trinajstić information content (AvgIpc) is 3.35. The Morgan fingerprint density at radius 1 is 0.246 bits per heavy atom. The minimum Gasteiger partial charge on any atom is -0.457 e. The van der Waals surface area contributed by atoms with E-state index in [0.717, 1.165) is 89.3 Å². The van der Waals surface area contributed by atoms with Crippen LogP contribution in [0.15, 0.2) is 231 Å². The smallest absolute Gasteiger partial charge is 0.128 e. The Hall–Kier alpha value is -8.28. The van der Waals surface area contributed by atoms with E-state index in [4.69, 9.17) is 4.74 Å². The van der Waals surface area contributed by atoms with Gasteiger partial charge in [0.25, 0.3) is 0 Å². The second-order valence-electron chi connectivity index (χ2n) is 14.8. The van der Waals surface area contributed by atoms with Gasteiger partial charge in [-0.15, -0.1) is 0 Å². The Morgan fingerprint density at radius 3 is 0.934 bits per heavy atom. The summed E-state index contributed by atoms with van der Waals surface area (Å²) in [6.07, 6.45) is 3.66. The van der Waals surface area contributed by atoms with Crippen molar-refractivity contribution in [2.75, 3.05) is 0 Å². The predicted octanol–water partition coefficient (Wildman–Crippen LogP) is 14.4. The van der Waals surface area contributed by atoms with Crippen LogP contribution in [0.2, 0.25) is 0 Å². The van der Waals surface area contributed by atoms with Crippen LogP contribution >= 0.6 is 0 Å². The molecule has 0 atom stereocenters. The minimum atomic E-state index is 0.668. The second-order valence-corrected chi connectivity index (χ2v) is 14.8. The lowest BCUT2D eigenvalue weighted by atomic mass is 9.94. The maximum absolute atomic E-state index is 6.91. The van der Waals surface area contributed by atoms with Crippen molar-refractivity contribution < 1.29 is 4.74 Å². The summed E-state index contributed by atoms with van der Waals surface area (Å²) in [6.45, 7) is 0. The standard InChI is InChI=1S/C56H38N4O/c1-5-17-39(18-6-1)43-29-45(55-35-47(37-57-59-55)53-27-15-13-25-51(53)41-21-9-3-10-22-41)33-49(31-43)61-50-32-44(40-19-7-2-8-20-40)30-46(34-50)56-36-48(38-58-60-56)54-28-16-14-26-52(54)42-23-11-4-12-24-42/h1-38H. The van der Waals surface area contributed by atoms with Crippen LogP contribution in [0, 0.1) is 0 Å². The largest absolute Gasteiger partial charge is 0.457 e. The Labute approximate surface area is 355 Å². The molecule has 0 aliphatic carbocycles. The van der Waals surface area contributed by atoms with E-state index in [1.54, 1.807) is 0 Å². The monoisotopic (exact) mass is 782 g/mol. The summed E-state index contributed by atoms with van der Waals surface area (Å²) in [7, 11) is 0. The van der Waals surface area contributed by atoms with Gasteiger partial charge in [-0.1, -0.05) is 170 Å². The van der Waals surface area contributed by atoms with E-state index in [0.29, 0.717) is 11.5 Å². The Balaban J connectivity index is 1.07. The summed E-state index contributed by atoms with van der Waals surface area (Å²) in [6, 6.07) is 75.1. The molecule has 0 fully saturated rings. The fourth-order valence-corrected chi connectivity index (χ4v) is 7.86. The molecule has 0 amide bonds. The molecule has 0 bridgehead atoms. The van der Waals surface area contributed by atoms with Gasteiger partial charge in [-0.05, 0) is 104 Å². The number of aromatic nitrogens is 4. The molecule has 0 spiro atoms. The summed E-state index contributed by atoms with van der Waals surface area (Å²) in [5.74, 6) is 1.34. The fraction of sp³-hybridized carbons (Fsp3) is 0. The van der Waals surface area contributed by atoms with Gasteiger partial charge >= 0.3 is 0 Å². The van der Waals surface area contributed by atoms with Crippen LogP contribution in [0.1, 0.15) is 0 Å². The molecule has 0 radical (unpaired) electrons. The van der Waals surface area contributed by atoms with E-state index in [9.17, 15) is 0 Å². The maximum atomic E-state index is 6.91. The molecule has 288 valence electrons. The van der Waals surface area contributed by atoms with Gasteiger partial charge in [0.2, 0.25) is 0 Å². The molecule has 2 heterocycles. The highest BCUT2D eigenvalue weighted by atomic mass is 16.5. The van der Waals surface area contributed by atoms with E-state index in [2.05, 4.69) is 178 Å². The summed E-state index contributed by atoms with van der Waals surface area (Å²) < 4.78 is 6.91. The summed E-state index contributed by atoms with van der Waals surface area (Å²) >= 11 is 0. The van der Waals surface area contributed by atoms with Crippen LogP contribution in [0.4, 0.5) is 0 Å². The zero-order chi connectivity index (χ0) is 40.8. The first kappa shape index (κ1) is 37.0. The van der Waals surface area contributed by atoms with Gasteiger partial charge < -0.3 is 4.74 Å². The first-order valence-electron chi connectivity index (χ1n) is 20.3. The summed E-state index contributed by atoms with van der Waals surface area (Å²) in [5.41, 5.74) is 16.1. The third-order valence-corrected chi connectivity index (χ3v) is 10.8. The molecule has 8 aromatic carbocycles. The Bertz CT molecular complexity index is 2890. The van der Waals surface area contributed by atoms with Crippen molar-refractivity contribution >= 4 is 0 Å². The third kappa shape index (κ3) is 8.09. The normalized spacial score (nSPS) is 11.0. The summed E-state index contributed by atoms with van der Waals surface area (Å²) in [5, 5.41) is 18.4. The zero-order valence-electron chi connectivity index (χ0n) is 33.1. The molecule has 0 aliphatic heterocycles. The van der Waals surface area contributed by atoms with E-state index in [-0.39, 0.29) is 0 Å². The molecule has 0 aliphatic rings. The van der Waals surface area contributed by atoms with Crippen molar-refractivity contribution in [2.24, 2.45) is 0 Å². The van der Waals surface area contributed by atoms with Gasteiger partial charge in [-0.25, -0.2) is 0 Å². The second kappa shape index (κ2) is 16.9. The minimum absolute atomic E-state index is 0.668. The zero-order valence-corrected chi connectivity index (χ0v) is 33.1. The van der Waals surface area contributed by atoms with Crippen molar-refractivity contribution in [1.82, 2.24) is 20.4 Å². The molecule has 5 nitrogen and oxygen atoms in total. The number of hydrogen-bond acceptors (Lipinski definition) is 5. The lowest BCUT2D eigenvalue weighted by molar-refractivity contribution is 0.483. The number of hydrogen-bond donors (Lipinski definition) is 0. The first-order valence-corrected chi connectivity index (χ1v) is 20.3. The lowest BCUT2D eigenvalue weighted by Crippen LogP contribution is -1.95. The number of benzene rings is 8. The number of ether oxygens (including phenoxy) is 1. The molecule has 2 aromatic heterocycles. The van der Waals surface area contributed by atoms with Crippen LogP contribution in [-0.2, 0) is 0 Å². The van der Waals surface area contributed by atoms with Crippen LogP contribution < -0.4 is 4.74 Å². The lowest BCUT2D eigenvalue weighted by Gasteiger charge is -2.15. The van der Waals surface area contributed by atoms with Crippen LogP contribution in [0.5, 0.6) is 11.5 Å². The highest BCUT2D eigenvalue weighted by Gasteiger charge is 2.16. The Morgan fingerprint density at radius 2 is 0.557 bits per heavy atom. The molecular formula is C56H38N4O. The molecule has 0 unspecified atom stereocenters. The third-order valence-electron chi connectivity index (χ3n) is 10.8. The van der Waals surface area contributed by atoms with Crippen LogP contribution in [0.25, 0.3) is 89.3 Å². The topological polar surface area (TPSA) is 60.8 Å². The highest BCUT2D eigenvalue weighted by Crippen LogP contribution is 2.39. The van der Waals surface area contributed by atoms with Crippen molar-refractivity contribution in [3.05, 3.63) is 231 Å². The molecular weight excluding hydrogens is 745 g/mol. The number of nitrogens with zero attached hydrogens (tertiary/aromatic N) is 4. The van der Waals surface area contributed by atoms with Crippen molar-refractivity contribution in [2.45, 2.75) is 0 Å². The van der Waals surface area contributed by atoms with E-state index in [1.807, 2.05) is 73.1 Å². The molecule has 5 heteroatoms. The van der Waals surface area contributed by atoms with Crippen molar-refractivity contribution in [1.29, 1.82) is 0 Å². The molecule has 61 heavy (non-hydrogen) atoms. The van der Waals surface area contributed by atoms with Crippen molar-refractivity contribution in [3.8, 4) is 101 Å². The first-order chi connectivity index (χ1) is 30.2. The van der Waals surface area contributed by atoms with Crippen LogP contribution in [0.3, 0.4) is 0 Å². The van der Waals surface area contributed by atoms with Gasteiger partial charge in [0.1, 0.15) is 11.5 Å². The maximum Gasteiger partial charge on any atom is 0.128 e. The van der Waals surface area contributed by atoms with Gasteiger partial charge in [0.15, 0.2) is 0 Å². The van der Waals surface area contributed by atoms with Gasteiger partial charge in [-0.3, -0.25) is 0 Å².